The number of oxime groups is 1. The molecule has 0 heterocycles. The SMILES string of the molecule is CC(=O)ON=C(COC[S+](C)C)c1ccccc1.CCCC[B-](c1ccccc1)(c1ccccc1)c1ccccc1. The van der Waals surface area contributed by atoms with Crippen LogP contribution in [0.1, 0.15) is 32.3 Å². The predicted octanol–water partition coefficient (Wildman–Crippen LogP) is 5.76. The molecule has 41 heavy (non-hydrogen) atoms. The molecule has 4 rings (SSSR count). The molecule has 0 saturated heterocycles. The van der Waals surface area contributed by atoms with Gasteiger partial charge in [-0.3, -0.25) is 0 Å². The molecule has 0 saturated carbocycles. The van der Waals surface area contributed by atoms with Gasteiger partial charge in [-0.2, -0.15) is 22.7 Å². The summed E-state index contributed by atoms with van der Waals surface area (Å²) < 4.78 is 5.53. The quantitative estimate of drug-likeness (QED) is 0.0719. The van der Waals surface area contributed by atoms with E-state index in [0.717, 1.165) is 5.56 Å². The minimum atomic E-state index is -0.913. The number of unbranched alkanes of at least 4 members (excludes halogenated alkanes) is 1. The average molecular weight is 568 g/mol. The van der Waals surface area contributed by atoms with Gasteiger partial charge in [0.2, 0.25) is 5.94 Å². The van der Waals surface area contributed by atoms with Gasteiger partial charge in [-0.1, -0.05) is 146 Å². The molecule has 0 aromatic heterocycles. The number of hydrogen-bond donors (Lipinski definition) is 0. The summed E-state index contributed by atoms with van der Waals surface area (Å²) in [4.78, 5) is 15.5. The second kappa shape index (κ2) is 17.3. The molecule has 0 aliphatic heterocycles. The molecule has 0 spiro atoms. The van der Waals surface area contributed by atoms with Crippen molar-refractivity contribution in [3.8, 4) is 0 Å². The lowest BCUT2D eigenvalue weighted by molar-refractivity contribution is -0.140. The second-order valence-corrected chi connectivity index (χ2v) is 12.6. The molecule has 0 bridgehead atoms. The van der Waals surface area contributed by atoms with E-state index < -0.39 is 12.1 Å². The Bertz CT molecular complexity index is 1220. The molecule has 4 nitrogen and oxygen atoms in total. The van der Waals surface area contributed by atoms with Gasteiger partial charge in [-0.15, -0.1) is 0 Å². The van der Waals surface area contributed by atoms with Gasteiger partial charge < -0.3 is 9.57 Å². The van der Waals surface area contributed by atoms with E-state index in [4.69, 9.17) is 4.74 Å². The highest BCUT2D eigenvalue weighted by atomic mass is 32.2. The molecule has 0 unspecified atom stereocenters. The summed E-state index contributed by atoms with van der Waals surface area (Å²) in [5.41, 5.74) is 5.84. The number of ether oxygens (including phenoxy) is 1. The molecule has 6 heteroatoms. The fourth-order valence-corrected chi connectivity index (χ4v) is 5.57. The van der Waals surface area contributed by atoms with E-state index in [9.17, 15) is 4.79 Å². The molecular formula is C35H42BNO3S. The maximum Gasteiger partial charge on any atom is 0.331 e. The van der Waals surface area contributed by atoms with Crippen molar-refractivity contribution < 1.29 is 14.4 Å². The van der Waals surface area contributed by atoms with Gasteiger partial charge in [0.15, 0.2) is 0 Å². The van der Waals surface area contributed by atoms with Gasteiger partial charge in [0.1, 0.15) is 5.71 Å². The van der Waals surface area contributed by atoms with Crippen molar-refractivity contribution in [2.24, 2.45) is 5.16 Å². The molecule has 0 aliphatic carbocycles. The molecule has 4 aromatic rings. The Balaban J connectivity index is 0.000000233. The fraction of sp³-hybridized carbons (Fsp3) is 0.257. The Hall–Kier alpha value is -3.61. The summed E-state index contributed by atoms with van der Waals surface area (Å²) in [7, 11) is 0.214. The largest absolute Gasteiger partial charge is 0.331 e. The van der Waals surface area contributed by atoms with Gasteiger partial charge in [0, 0.05) is 23.4 Å². The van der Waals surface area contributed by atoms with E-state index in [-0.39, 0.29) is 10.9 Å². The number of hydrogen-bond acceptors (Lipinski definition) is 4. The number of carbonyl (C=O) groups excluding carboxylic acids is 1. The summed E-state index contributed by atoms with van der Waals surface area (Å²) in [5, 5.41) is 3.84. The summed E-state index contributed by atoms with van der Waals surface area (Å²) >= 11 is 0. The Morgan fingerprint density at radius 3 is 1.56 bits per heavy atom. The smallest absolute Gasteiger partial charge is 0.329 e. The van der Waals surface area contributed by atoms with Crippen LogP contribution in [-0.4, -0.2) is 42.9 Å². The first kappa shape index (κ1) is 31.9. The highest BCUT2D eigenvalue weighted by Crippen LogP contribution is 2.16. The molecule has 214 valence electrons. The first-order chi connectivity index (χ1) is 20.0. The van der Waals surface area contributed by atoms with Gasteiger partial charge in [0.05, 0.1) is 25.3 Å². The Labute approximate surface area is 249 Å². The molecule has 0 N–H and O–H groups in total. The zero-order valence-corrected chi connectivity index (χ0v) is 25.6. The Morgan fingerprint density at radius 2 is 1.17 bits per heavy atom. The average Bonchev–Trinajstić information content (AvgIpc) is 3.01. The summed E-state index contributed by atoms with van der Waals surface area (Å²) in [5.74, 6) is 0.237. The van der Waals surface area contributed by atoms with E-state index in [1.807, 2.05) is 30.3 Å². The first-order valence-corrected chi connectivity index (χ1v) is 16.4. The number of benzene rings is 4. The minimum absolute atomic E-state index is 0.214. The highest BCUT2D eigenvalue weighted by Gasteiger charge is 2.28. The van der Waals surface area contributed by atoms with Crippen LogP contribution < -0.4 is 16.4 Å². The zero-order valence-electron chi connectivity index (χ0n) is 24.7. The van der Waals surface area contributed by atoms with Gasteiger partial charge in [0.25, 0.3) is 0 Å². The fourth-order valence-electron chi connectivity index (χ4n) is 5.15. The molecular weight excluding hydrogens is 525 g/mol. The lowest BCUT2D eigenvalue weighted by atomic mass is 9.14. The monoisotopic (exact) mass is 567 g/mol. The second-order valence-electron chi connectivity index (χ2n) is 10.4. The highest BCUT2D eigenvalue weighted by molar-refractivity contribution is 7.95. The van der Waals surface area contributed by atoms with Crippen LogP contribution in [0.5, 0.6) is 0 Å². The third-order valence-electron chi connectivity index (χ3n) is 7.05. The molecule has 0 radical (unpaired) electrons. The third-order valence-corrected chi connectivity index (χ3v) is 7.68. The van der Waals surface area contributed by atoms with E-state index in [1.165, 1.54) is 42.5 Å². The van der Waals surface area contributed by atoms with Crippen LogP contribution in [-0.2, 0) is 25.3 Å². The first-order valence-electron chi connectivity index (χ1n) is 14.2. The Kier molecular flexibility index (Phi) is 13.4. The van der Waals surface area contributed by atoms with Crippen molar-refractivity contribution in [1.82, 2.24) is 0 Å². The van der Waals surface area contributed by atoms with Crippen LogP contribution in [0.2, 0.25) is 6.32 Å². The molecule has 0 amide bonds. The van der Waals surface area contributed by atoms with Crippen molar-refractivity contribution >= 4 is 45.1 Å². The molecule has 4 aromatic carbocycles. The van der Waals surface area contributed by atoms with E-state index in [0.29, 0.717) is 18.3 Å². The lowest BCUT2D eigenvalue weighted by Gasteiger charge is -2.43. The number of rotatable bonds is 12. The van der Waals surface area contributed by atoms with Crippen molar-refractivity contribution in [2.45, 2.75) is 33.0 Å². The van der Waals surface area contributed by atoms with Crippen molar-refractivity contribution in [1.29, 1.82) is 0 Å². The summed E-state index contributed by atoms with van der Waals surface area (Å²) in [6.07, 6.45) is 6.93. The predicted molar refractivity (Wildman–Crippen MR) is 178 cm³/mol. The van der Waals surface area contributed by atoms with Gasteiger partial charge in [-0.05, 0) is 0 Å². The van der Waals surface area contributed by atoms with Crippen molar-refractivity contribution in [3.05, 3.63) is 127 Å². The van der Waals surface area contributed by atoms with Crippen LogP contribution in [0, 0.1) is 0 Å². The lowest BCUT2D eigenvalue weighted by Crippen LogP contribution is -2.66. The van der Waals surface area contributed by atoms with Crippen molar-refractivity contribution in [3.63, 3.8) is 0 Å². The third kappa shape index (κ3) is 9.77. The van der Waals surface area contributed by atoms with Crippen LogP contribution in [0.4, 0.5) is 0 Å². The number of carbonyl (C=O) groups is 1. The van der Waals surface area contributed by atoms with E-state index in [1.54, 1.807) is 0 Å². The maximum absolute atomic E-state index is 10.8. The van der Waals surface area contributed by atoms with Gasteiger partial charge >= 0.3 is 5.97 Å². The summed E-state index contributed by atoms with van der Waals surface area (Å²) in [6, 6.07) is 42.7. The van der Waals surface area contributed by atoms with Crippen LogP contribution >= 0.6 is 0 Å². The minimum Gasteiger partial charge on any atom is -0.329 e. The standard InChI is InChI=1S/C22H24B.C13H18NO3S/c1-2-3-19-23(20-13-7-4-8-14-20,21-15-9-5-10-16-21)22-17-11-6-12-18-22;1-11(15)17-14-13(9-16-10-18(2)3)12-7-5-4-6-8-12/h4-18H,2-3,19H2,1H3;4-8H,9-10H2,1-3H3/q-1;+1. The topological polar surface area (TPSA) is 47.9 Å². The van der Waals surface area contributed by atoms with Crippen LogP contribution in [0.15, 0.2) is 126 Å². The van der Waals surface area contributed by atoms with E-state index >= 15 is 0 Å². The van der Waals surface area contributed by atoms with E-state index in [2.05, 4.69) is 120 Å². The molecule has 0 atom stereocenters. The molecule has 0 aliphatic rings. The van der Waals surface area contributed by atoms with Crippen LogP contribution in [0.25, 0.3) is 0 Å². The maximum atomic E-state index is 10.8. The summed E-state index contributed by atoms with van der Waals surface area (Å²) in [6.45, 7) is 3.94. The zero-order chi connectivity index (χ0) is 29.3. The number of nitrogens with zero attached hydrogens (tertiary/aromatic N) is 1. The molecule has 0 fully saturated rings. The normalized spacial score (nSPS) is 11.5. The Morgan fingerprint density at radius 1 is 0.732 bits per heavy atom. The van der Waals surface area contributed by atoms with Gasteiger partial charge in [-0.25, -0.2) is 4.79 Å². The van der Waals surface area contributed by atoms with Crippen LogP contribution in [0.3, 0.4) is 0 Å². The van der Waals surface area contributed by atoms with Crippen molar-refractivity contribution in [2.75, 3.05) is 25.1 Å².